The maximum absolute atomic E-state index is 9.53. The Morgan fingerprint density at radius 2 is 1.96 bits per heavy atom. The molecule has 0 saturated heterocycles. The molecule has 0 radical (unpaired) electrons. The predicted octanol–water partition coefficient (Wildman–Crippen LogP) is 4.34. The number of benzene rings is 2. The Kier molecular flexibility index (Phi) is 4.06. The fraction of sp³-hybridized carbons (Fsp3) is 0.316. The van der Waals surface area contributed by atoms with Crippen LogP contribution in [0.2, 0.25) is 0 Å². The van der Waals surface area contributed by atoms with Crippen LogP contribution in [0.25, 0.3) is 22.4 Å². The third-order valence-electron chi connectivity index (χ3n) is 4.57. The second-order valence-electron chi connectivity index (χ2n) is 6.15. The van der Waals surface area contributed by atoms with Gasteiger partial charge in [-0.2, -0.15) is 0 Å². The van der Waals surface area contributed by atoms with Gasteiger partial charge in [0.1, 0.15) is 22.6 Å². The van der Waals surface area contributed by atoms with Gasteiger partial charge in [0.15, 0.2) is 0 Å². The first kappa shape index (κ1) is 15.7. The SMILES string of the molecule is COc1ccc(Br)c2nc(-c3ccc(C4CC4)cc3)n(CCO)c12. The van der Waals surface area contributed by atoms with Gasteiger partial charge in [-0.3, -0.25) is 0 Å². The average molecular weight is 387 g/mol. The van der Waals surface area contributed by atoms with Crippen LogP contribution in [0.4, 0.5) is 0 Å². The van der Waals surface area contributed by atoms with Crippen LogP contribution < -0.4 is 4.74 Å². The van der Waals surface area contributed by atoms with E-state index in [1.807, 2.05) is 16.7 Å². The van der Waals surface area contributed by atoms with Crippen molar-refractivity contribution >= 4 is 27.0 Å². The molecule has 0 aliphatic heterocycles. The summed E-state index contributed by atoms with van der Waals surface area (Å²) in [5, 5.41) is 9.53. The highest BCUT2D eigenvalue weighted by atomic mass is 79.9. The maximum atomic E-state index is 9.53. The second kappa shape index (κ2) is 6.22. The van der Waals surface area contributed by atoms with Gasteiger partial charge in [0, 0.05) is 16.6 Å². The highest BCUT2D eigenvalue weighted by Gasteiger charge is 2.24. The largest absolute Gasteiger partial charge is 0.494 e. The summed E-state index contributed by atoms with van der Waals surface area (Å²) in [6.07, 6.45) is 2.60. The minimum atomic E-state index is 0.0499. The second-order valence-corrected chi connectivity index (χ2v) is 7.01. The molecule has 3 aromatic rings. The number of nitrogens with zero attached hydrogens (tertiary/aromatic N) is 2. The van der Waals surface area contributed by atoms with E-state index in [0.717, 1.165) is 38.6 Å². The quantitative estimate of drug-likeness (QED) is 0.708. The Hall–Kier alpha value is -1.85. The predicted molar refractivity (Wildman–Crippen MR) is 98.5 cm³/mol. The first-order chi connectivity index (χ1) is 11.7. The van der Waals surface area contributed by atoms with Crippen molar-refractivity contribution in [3.63, 3.8) is 0 Å². The van der Waals surface area contributed by atoms with Crippen molar-refractivity contribution in [3.8, 4) is 17.1 Å². The Morgan fingerprint density at radius 1 is 1.21 bits per heavy atom. The van der Waals surface area contributed by atoms with Crippen LogP contribution in [0.1, 0.15) is 24.3 Å². The number of hydrogen-bond donors (Lipinski definition) is 1. The van der Waals surface area contributed by atoms with Crippen molar-refractivity contribution in [1.82, 2.24) is 9.55 Å². The Labute approximate surface area is 149 Å². The molecule has 0 amide bonds. The number of aliphatic hydroxyl groups is 1. The number of imidazole rings is 1. The van der Waals surface area contributed by atoms with Crippen LogP contribution >= 0.6 is 15.9 Å². The van der Waals surface area contributed by atoms with E-state index in [1.54, 1.807) is 7.11 Å². The summed E-state index contributed by atoms with van der Waals surface area (Å²) in [5.41, 5.74) is 4.21. The Morgan fingerprint density at radius 3 is 2.58 bits per heavy atom. The molecule has 0 unspecified atom stereocenters. The molecule has 1 aliphatic rings. The van der Waals surface area contributed by atoms with Crippen LogP contribution in [0, 0.1) is 0 Å². The van der Waals surface area contributed by atoms with E-state index in [9.17, 15) is 5.11 Å². The lowest BCUT2D eigenvalue weighted by Crippen LogP contribution is -2.05. The summed E-state index contributed by atoms with van der Waals surface area (Å²) in [5.74, 6) is 2.35. The van der Waals surface area contributed by atoms with E-state index in [1.165, 1.54) is 18.4 Å². The highest BCUT2D eigenvalue weighted by Crippen LogP contribution is 2.41. The molecule has 24 heavy (non-hydrogen) atoms. The van der Waals surface area contributed by atoms with Gasteiger partial charge in [0.05, 0.1) is 13.7 Å². The molecule has 4 nitrogen and oxygen atoms in total. The number of halogens is 1. The van der Waals surface area contributed by atoms with Crippen molar-refractivity contribution in [2.45, 2.75) is 25.3 Å². The first-order valence-corrected chi connectivity index (χ1v) is 8.96. The number of ether oxygens (including phenoxy) is 1. The summed E-state index contributed by atoms with van der Waals surface area (Å²) >= 11 is 3.58. The van der Waals surface area contributed by atoms with Crippen molar-refractivity contribution in [1.29, 1.82) is 0 Å². The van der Waals surface area contributed by atoms with Gasteiger partial charge in [0.2, 0.25) is 0 Å². The molecule has 1 aliphatic carbocycles. The van der Waals surface area contributed by atoms with Crippen molar-refractivity contribution in [2.24, 2.45) is 0 Å². The van der Waals surface area contributed by atoms with Gasteiger partial charge >= 0.3 is 0 Å². The Balaban J connectivity index is 1.90. The van der Waals surface area contributed by atoms with Gasteiger partial charge in [0.25, 0.3) is 0 Å². The first-order valence-electron chi connectivity index (χ1n) is 8.17. The normalized spacial score (nSPS) is 14.3. The van der Waals surface area contributed by atoms with Crippen LogP contribution in [0.3, 0.4) is 0 Å². The molecule has 1 aromatic heterocycles. The zero-order valence-electron chi connectivity index (χ0n) is 13.5. The fourth-order valence-electron chi connectivity index (χ4n) is 3.20. The lowest BCUT2D eigenvalue weighted by Gasteiger charge is -2.10. The highest BCUT2D eigenvalue weighted by molar-refractivity contribution is 9.10. The molecule has 124 valence electrons. The van der Waals surface area contributed by atoms with E-state index >= 15 is 0 Å². The molecule has 1 saturated carbocycles. The summed E-state index contributed by atoms with van der Waals surface area (Å²) in [6.45, 7) is 0.525. The topological polar surface area (TPSA) is 47.3 Å². The molecule has 1 fully saturated rings. The number of aromatic nitrogens is 2. The van der Waals surface area contributed by atoms with E-state index in [2.05, 4.69) is 40.2 Å². The zero-order valence-corrected chi connectivity index (χ0v) is 15.1. The monoisotopic (exact) mass is 386 g/mol. The molecule has 1 N–H and O–H groups in total. The lowest BCUT2D eigenvalue weighted by atomic mass is 10.1. The van der Waals surface area contributed by atoms with Crippen molar-refractivity contribution in [3.05, 3.63) is 46.4 Å². The van der Waals surface area contributed by atoms with Crippen LogP contribution in [0.5, 0.6) is 5.75 Å². The molecular weight excluding hydrogens is 368 g/mol. The number of methoxy groups -OCH3 is 1. The van der Waals surface area contributed by atoms with Gasteiger partial charge in [-0.15, -0.1) is 0 Å². The molecule has 0 atom stereocenters. The molecule has 5 heteroatoms. The summed E-state index contributed by atoms with van der Waals surface area (Å²) in [4.78, 5) is 4.82. The molecule has 4 rings (SSSR count). The summed E-state index contributed by atoms with van der Waals surface area (Å²) in [7, 11) is 1.66. The fourth-order valence-corrected chi connectivity index (χ4v) is 3.61. The number of aliphatic hydroxyl groups excluding tert-OH is 1. The molecule has 0 spiro atoms. The molecule has 1 heterocycles. The number of rotatable bonds is 5. The van der Waals surface area contributed by atoms with Gasteiger partial charge in [-0.1, -0.05) is 24.3 Å². The van der Waals surface area contributed by atoms with Gasteiger partial charge < -0.3 is 14.4 Å². The number of fused-ring (bicyclic) bond motifs is 1. The van der Waals surface area contributed by atoms with E-state index in [0.29, 0.717) is 6.54 Å². The third kappa shape index (κ3) is 2.62. The number of hydrogen-bond acceptors (Lipinski definition) is 3. The molecular formula is C19H19BrN2O2. The van der Waals surface area contributed by atoms with Crippen molar-refractivity contribution < 1.29 is 9.84 Å². The average Bonchev–Trinajstić information content (AvgIpc) is 3.39. The third-order valence-corrected chi connectivity index (χ3v) is 5.21. The Bertz CT molecular complexity index is 883. The minimum absolute atomic E-state index is 0.0499. The summed E-state index contributed by atoms with van der Waals surface area (Å²) in [6, 6.07) is 12.5. The standard InChI is InChI=1S/C19H19BrN2O2/c1-24-16-9-8-15(20)17-18(16)22(10-11-23)19(21-17)14-6-4-13(5-7-14)12-2-3-12/h4-9,12,23H,2-3,10-11H2,1H3. The summed E-state index contributed by atoms with van der Waals surface area (Å²) < 4.78 is 8.47. The van der Waals surface area contributed by atoms with Crippen LogP contribution in [0.15, 0.2) is 40.9 Å². The molecule has 0 bridgehead atoms. The van der Waals surface area contributed by atoms with E-state index in [4.69, 9.17) is 9.72 Å². The van der Waals surface area contributed by atoms with E-state index < -0.39 is 0 Å². The zero-order chi connectivity index (χ0) is 16.7. The maximum Gasteiger partial charge on any atom is 0.144 e. The lowest BCUT2D eigenvalue weighted by molar-refractivity contribution is 0.278. The van der Waals surface area contributed by atoms with E-state index in [-0.39, 0.29) is 6.61 Å². The van der Waals surface area contributed by atoms with Gasteiger partial charge in [-0.25, -0.2) is 4.98 Å². The van der Waals surface area contributed by atoms with Crippen molar-refractivity contribution in [2.75, 3.05) is 13.7 Å². The van der Waals surface area contributed by atoms with Gasteiger partial charge in [-0.05, 0) is 52.4 Å². The van der Waals surface area contributed by atoms with Crippen LogP contribution in [-0.2, 0) is 6.54 Å². The molecule has 2 aromatic carbocycles. The smallest absolute Gasteiger partial charge is 0.144 e. The van der Waals surface area contributed by atoms with Crippen LogP contribution in [-0.4, -0.2) is 28.4 Å². The minimum Gasteiger partial charge on any atom is -0.494 e.